The molecule has 1 amide bonds. The minimum Gasteiger partial charge on any atom is -0.349 e. The first-order chi connectivity index (χ1) is 8.65. The quantitative estimate of drug-likeness (QED) is 0.758. The van der Waals surface area contributed by atoms with Crippen LogP contribution in [0, 0.1) is 0 Å². The van der Waals surface area contributed by atoms with E-state index in [1.807, 2.05) is 13.8 Å². The fourth-order valence-electron chi connectivity index (χ4n) is 1.88. The molecule has 0 bridgehead atoms. The van der Waals surface area contributed by atoms with Gasteiger partial charge in [0.05, 0.1) is 11.1 Å². The molecular weight excluding hydrogens is 232 g/mol. The van der Waals surface area contributed by atoms with Crippen LogP contribution in [0.5, 0.6) is 0 Å². The van der Waals surface area contributed by atoms with Gasteiger partial charge in [-0.05, 0) is 18.9 Å². The third kappa shape index (κ3) is 2.27. The van der Waals surface area contributed by atoms with Crippen LogP contribution < -0.4 is 11.0 Å². The van der Waals surface area contributed by atoms with Gasteiger partial charge in [0, 0.05) is 12.2 Å². The summed E-state index contributed by atoms with van der Waals surface area (Å²) in [4.78, 5) is 32.5. The van der Waals surface area contributed by atoms with Crippen LogP contribution >= 0.6 is 0 Å². The van der Waals surface area contributed by atoms with Gasteiger partial charge in [-0.2, -0.15) is 0 Å². The number of imidazole rings is 1. The molecule has 2 aromatic heterocycles. The fraction of sp³-hybridized carbons (Fsp3) is 0.417. The smallest absolute Gasteiger partial charge is 0.325 e. The Labute approximate surface area is 104 Å². The molecule has 0 aliphatic heterocycles. The van der Waals surface area contributed by atoms with E-state index >= 15 is 0 Å². The van der Waals surface area contributed by atoms with Crippen molar-refractivity contribution < 1.29 is 4.79 Å². The molecule has 2 rings (SSSR count). The first kappa shape index (κ1) is 12.3. The number of hydrogen-bond donors (Lipinski definition) is 3. The number of amides is 1. The summed E-state index contributed by atoms with van der Waals surface area (Å²) in [5.74, 6) is -0.189. The summed E-state index contributed by atoms with van der Waals surface area (Å²) in [5, 5.41) is 2.93. The standard InChI is InChI=1S/C12H16N4O2/c1-3-7(4-2)14-11(17)8-5-6-13-10-9(8)15-12(18)16-10/h5-7H,3-4H2,1-2H3,(H,14,17)(H2,13,15,16,18). The maximum atomic E-state index is 12.1. The molecule has 2 aromatic rings. The van der Waals surface area contributed by atoms with Crippen LogP contribution in [0.25, 0.3) is 11.2 Å². The van der Waals surface area contributed by atoms with Crippen LogP contribution in [0.2, 0.25) is 0 Å². The molecule has 96 valence electrons. The number of nitrogens with zero attached hydrogens (tertiary/aromatic N) is 1. The van der Waals surface area contributed by atoms with Gasteiger partial charge in [-0.3, -0.25) is 9.78 Å². The lowest BCUT2D eigenvalue weighted by molar-refractivity contribution is 0.0936. The van der Waals surface area contributed by atoms with E-state index in [0.717, 1.165) is 12.8 Å². The van der Waals surface area contributed by atoms with Crippen LogP contribution in [-0.4, -0.2) is 26.9 Å². The van der Waals surface area contributed by atoms with Gasteiger partial charge in [-0.25, -0.2) is 9.78 Å². The monoisotopic (exact) mass is 248 g/mol. The topological polar surface area (TPSA) is 90.6 Å². The van der Waals surface area contributed by atoms with Gasteiger partial charge in [0.25, 0.3) is 5.91 Å². The van der Waals surface area contributed by atoms with E-state index in [1.54, 1.807) is 6.07 Å². The second-order valence-corrected chi connectivity index (χ2v) is 4.15. The van der Waals surface area contributed by atoms with Crippen LogP contribution in [-0.2, 0) is 0 Å². The summed E-state index contributed by atoms with van der Waals surface area (Å²) in [6.45, 7) is 4.05. The third-order valence-electron chi connectivity index (χ3n) is 2.99. The number of hydrogen-bond acceptors (Lipinski definition) is 3. The number of carbonyl (C=O) groups excluding carboxylic acids is 1. The van der Waals surface area contributed by atoms with Crippen LogP contribution in [0.15, 0.2) is 17.1 Å². The Balaban J connectivity index is 2.35. The second-order valence-electron chi connectivity index (χ2n) is 4.15. The lowest BCUT2D eigenvalue weighted by atomic mass is 10.1. The van der Waals surface area contributed by atoms with Crippen molar-refractivity contribution in [1.82, 2.24) is 20.3 Å². The van der Waals surface area contributed by atoms with Crippen molar-refractivity contribution in [3.8, 4) is 0 Å². The summed E-state index contributed by atoms with van der Waals surface area (Å²) >= 11 is 0. The zero-order chi connectivity index (χ0) is 13.1. The lowest BCUT2D eigenvalue weighted by Crippen LogP contribution is -2.34. The summed E-state index contributed by atoms with van der Waals surface area (Å²) in [6.07, 6.45) is 3.26. The Hall–Kier alpha value is -2.11. The van der Waals surface area contributed by atoms with E-state index < -0.39 is 0 Å². The van der Waals surface area contributed by atoms with Crippen LogP contribution in [0.4, 0.5) is 0 Å². The molecule has 0 radical (unpaired) electrons. The molecule has 0 aliphatic rings. The molecule has 6 heteroatoms. The molecule has 0 saturated carbocycles. The average molecular weight is 248 g/mol. The second kappa shape index (κ2) is 5.03. The minimum atomic E-state index is -0.361. The minimum absolute atomic E-state index is 0.145. The number of rotatable bonds is 4. The van der Waals surface area contributed by atoms with E-state index in [1.165, 1.54) is 6.20 Å². The Kier molecular flexibility index (Phi) is 3.45. The van der Waals surface area contributed by atoms with Gasteiger partial charge in [-0.1, -0.05) is 13.8 Å². The highest BCUT2D eigenvalue weighted by Gasteiger charge is 2.15. The van der Waals surface area contributed by atoms with Crippen molar-refractivity contribution in [2.24, 2.45) is 0 Å². The van der Waals surface area contributed by atoms with Gasteiger partial charge in [0.1, 0.15) is 0 Å². The van der Waals surface area contributed by atoms with Crippen molar-refractivity contribution >= 4 is 17.1 Å². The Bertz CT molecular complexity index is 610. The van der Waals surface area contributed by atoms with Crippen molar-refractivity contribution in [3.05, 3.63) is 28.3 Å². The molecule has 0 atom stereocenters. The zero-order valence-corrected chi connectivity index (χ0v) is 10.4. The van der Waals surface area contributed by atoms with Crippen molar-refractivity contribution in [2.45, 2.75) is 32.7 Å². The molecule has 0 fully saturated rings. The summed E-state index contributed by atoms with van der Waals surface area (Å²) in [7, 11) is 0. The van der Waals surface area contributed by atoms with Gasteiger partial charge < -0.3 is 10.3 Å². The first-order valence-corrected chi connectivity index (χ1v) is 6.03. The van der Waals surface area contributed by atoms with Crippen molar-refractivity contribution in [3.63, 3.8) is 0 Å². The molecule has 18 heavy (non-hydrogen) atoms. The number of carbonyl (C=O) groups is 1. The summed E-state index contributed by atoms with van der Waals surface area (Å²) < 4.78 is 0. The fourth-order valence-corrected chi connectivity index (χ4v) is 1.88. The van der Waals surface area contributed by atoms with E-state index in [2.05, 4.69) is 20.3 Å². The van der Waals surface area contributed by atoms with E-state index in [0.29, 0.717) is 16.7 Å². The lowest BCUT2D eigenvalue weighted by Gasteiger charge is -2.14. The van der Waals surface area contributed by atoms with Crippen molar-refractivity contribution in [1.29, 1.82) is 0 Å². The van der Waals surface area contributed by atoms with E-state index in [4.69, 9.17) is 0 Å². The highest BCUT2D eigenvalue weighted by Crippen LogP contribution is 2.11. The number of aromatic nitrogens is 3. The number of aromatic amines is 2. The Morgan fingerprint density at radius 2 is 2.11 bits per heavy atom. The number of H-pyrrole nitrogens is 2. The molecule has 3 N–H and O–H groups in total. The van der Waals surface area contributed by atoms with Gasteiger partial charge >= 0.3 is 5.69 Å². The highest BCUT2D eigenvalue weighted by molar-refractivity contribution is 6.03. The predicted octanol–water partition coefficient (Wildman–Crippen LogP) is 1.17. The molecule has 2 heterocycles. The zero-order valence-electron chi connectivity index (χ0n) is 10.4. The maximum Gasteiger partial charge on any atom is 0.325 e. The normalized spacial score (nSPS) is 11.1. The summed E-state index contributed by atoms with van der Waals surface area (Å²) in [5.41, 5.74) is 0.925. The van der Waals surface area contributed by atoms with Gasteiger partial charge in [0.2, 0.25) is 0 Å². The predicted molar refractivity (Wildman–Crippen MR) is 68.6 cm³/mol. The maximum absolute atomic E-state index is 12.1. The largest absolute Gasteiger partial charge is 0.349 e. The molecule has 6 nitrogen and oxygen atoms in total. The van der Waals surface area contributed by atoms with E-state index in [9.17, 15) is 9.59 Å². The highest BCUT2D eigenvalue weighted by atomic mass is 16.2. The number of pyridine rings is 1. The molecular formula is C12H16N4O2. The Morgan fingerprint density at radius 3 is 2.78 bits per heavy atom. The molecule has 0 saturated heterocycles. The third-order valence-corrected chi connectivity index (χ3v) is 2.99. The first-order valence-electron chi connectivity index (χ1n) is 6.03. The molecule has 0 unspecified atom stereocenters. The summed E-state index contributed by atoms with van der Waals surface area (Å²) in [6, 6.07) is 1.75. The number of nitrogens with one attached hydrogen (secondary N) is 3. The SMILES string of the molecule is CCC(CC)NC(=O)c1ccnc2[nH]c(=O)[nH]c12. The molecule has 0 spiro atoms. The van der Waals surface area contributed by atoms with Gasteiger partial charge in [0.15, 0.2) is 5.65 Å². The van der Waals surface area contributed by atoms with Crippen LogP contribution in [0.3, 0.4) is 0 Å². The number of fused-ring (bicyclic) bond motifs is 1. The van der Waals surface area contributed by atoms with E-state index in [-0.39, 0.29) is 17.6 Å². The van der Waals surface area contributed by atoms with Crippen molar-refractivity contribution in [2.75, 3.05) is 0 Å². The molecule has 0 aliphatic carbocycles. The van der Waals surface area contributed by atoms with Crippen LogP contribution in [0.1, 0.15) is 37.0 Å². The molecule has 0 aromatic carbocycles. The average Bonchev–Trinajstić information content (AvgIpc) is 2.75. The van der Waals surface area contributed by atoms with Gasteiger partial charge in [-0.15, -0.1) is 0 Å². The Morgan fingerprint density at radius 1 is 1.39 bits per heavy atom.